The fraction of sp³-hybridized carbons (Fsp3) is 0.333. The Morgan fingerprint density at radius 1 is 1.15 bits per heavy atom. The number of hydrogen-bond donors (Lipinski definition) is 2. The Hall–Kier alpha value is -2.37. The largest absolute Gasteiger partial charge is 0.348 e. The summed E-state index contributed by atoms with van der Waals surface area (Å²) in [5.41, 5.74) is 3.43. The van der Waals surface area contributed by atoms with E-state index in [1.807, 2.05) is 12.1 Å². The number of halogens is 1. The Morgan fingerprint density at radius 3 is 2.48 bits per heavy atom. The van der Waals surface area contributed by atoms with E-state index in [1.54, 1.807) is 23.1 Å². The molecule has 1 aliphatic heterocycles. The van der Waals surface area contributed by atoms with E-state index in [0.29, 0.717) is 35.8 Å². The SMILES string of the molecule is C[NH+](C)Cc1ccc(CNC(=O)c2ccc(Cl)c(N3CCCC3=O)c2)cc1. The van der Waals surface area contributed by atoms with Gasteiger partial charge in [-0.25, -0.2) is 0 Å². The molecule has 0 aromatic heterocycles. The van der Waals surface area contributed by atoms with Crippen molar-refractivity contribution < 1.29 is 14.5 Å². The summed E-state index contributed by atoms with van der Waals surface area (Å²) in [6.07, 6.45) is 1.34. The van der Waals surface area contributed by atoms with E-state index in [9.17, 15) is 9.59 Å². The lowest BCUT2D eigenvalue weighted by Crippen LogP contribution is -3.04. The molecule has 2 aromatic rings. The molecule has 5 nitrogen and oxygen atoms in total. The molecule has 1 heterocycles. The number of nitrogens with zero attached hydrogens (tertiary/aromatic N) is 1. The van der Waals surface area contributed by atoms with Gasteiger partial charge in [-0.3, -0.25) is 9.59 Å². The minimum absolute atomic E-state index is 0.0501. The molecule has 2 amide bonds. The Bertz CT molecular complexity index is 834. The number of carbonyl (C=O) groups excluding carboxylic acids is 2. The van der Waals surface area contributed by atoms with Crippen LogP contribution in [0.4, 0.5) is 5.69 Å². The molecule has 27 heavy (non-hydrogen) atoms. The summed E-state index contributed by atoms with van der Waals surface area (Å²) in [6.45, 7) is 2.06. The molecular weight excluding hydrogens is 362 g/mol. The summed E-state index contributed by atoms with van der Waals surface area (Å²) < 4.78 is 0. The van der Waals surface area contributed by atoms with Crippen LogP contribution in [0.2, 0.25) is 5.02 Å². The van der Waals surface area contributed by atoms with Crippen molar-refractivity contribution >= 4 is 29.1 Å². The first-order valence-corrected chi connectivity index (χ1v) is 9.57. The number of hydrogen-bond acceptors (Lipinski definition) is 2. The van der Waals surface area contributed by atoms with Crippen LogP contribution >= 0.6 is 11.6 Å². The van der Waals surface area contributed by atoms with E-state index < -0.39 is 0 Å². The highest BCUT2D eigenvalue weighted by molar-refractivity contribution is 6.34. The van der Waals surface area contributed by atoms with Crippen molar-refractivity contribution in [1.82, 2.24) is 5.32 Å². The Kier molecular flexibility index (Phi) is 6.14. The lowest BCUT2D eigenvalue weighted by Gasteiger charge is -2.18. The molecule has 0 radical (unpaired) electrons. The van der Waals surface area contributed by atoms with Crippen molar-refractivity contribution in [3.63, 3.8) is 0 Å². The van der Waals surface area contributed by atoms with Crippen molar-refractivity contribution in [2.45, 2.75) is 25.9 Å². The molecule has 1 aliphatic rings. The van der Waals surface area contributed by atoms with Gasteiger partial charge in [0.2, 0.25) is 5.91 Å². The highest BCUT2D eigenvalue weighted by atomic mass is 35.5. The highest BCUT2D eigenvalue weighted by Gasteiger charge is 2.24. The molecule has 1 fully saturated rings. The Labute approximate surface area is 164 Å². The van der Waals surface area contributed by atoms with E-state index in [0.717, 1.165) is 18.5 Å². The number of anilines is 1. The van der Waals surface area contributed by atoms with E-state index in [1.165, 1.54) is 10.5 Å². The molecule has 2 aromatic carbocycles. The standard InChI is InChI=1S/C21H24ClN3O2/c1-24(2)14-16-7-5-15(6-8-16)13-23-21(27)17-9-10-18(22)19(12-17)25-11-3-4-20(25)26/h5-10,12H,3-4,11,13-14H2,1-2H3,(H,23,27)/p+1. The van der Waals surface area contributed by atoms with Crippen molar-refractivity contribution in [2.24, 2.45) is 0 Å². The van der Waals surface area contributed by atoms with Crippen LogP contribution in [0.15, 0.2) is 42.5 Å². The molecule has 0 saturated carbocycles. The lowest BCUT2D eigenvalue weighted by atomic mass is 10.1. The predicted molar refractivity (Wildman–Crippen MR) is 107 cm³/mol. The zero-order chi connectivity index (χ0) is 19.4. The smallest absolute Gasteiger partial charge is 0.251 e. The van der Waals surface area contributed by atoms with Gasteiger partial charge in [-0.15, -0.1) is 0 Å². The number of carbonyl (C=O) groups is 2. The van der Waals surface area contributed by atoms with Crippen LogP contribution in [-0.2, 0) is 17.9 Å². The van der Waals surface area contributed by atoms with Gasteiger partial charge in [0.1, 0.15) is 6.54 Å². The fourth-order valence-corrected chi connectivity index (χ4v) is 3.45. The van der Waals surface area contributed by atoms with Crippen LogP contribution in [0, 0.1) is 0 Å². The van der Waals surface area contributed by atoms with Crippen molar-refractivity contribution in [1.29, 1.82) is 0 Å². The molecule has 0 aliphatic carbocycles. The second kappa shape index (κ2) is 8.55. The van der Waals surface area contributed by atoms with Crippen LogP contribution in [0.3, 0.4) is 0 Å². The molecule has 1 saturated heterocycles. The average molecular weight is 387 g/mol. The predicted octanol–water partition coefficient (Wildman–Crippen LogP) is 2.04. The van der Waals surface area contributed by atoms with Crippen molar-refractivity contribution in [3.05, 3.63) is 64.2 Å². The zero-order valence-electron chi connectivity index (χ0n) is 15.7. The van der Waals surface area contributed by atoms with Gasteiger partial charge in [-0.05, 0) is 30.2 Å². The maximum absolute atomic E-state index is 12.5. The van der Waals surface area contributed by atoms with Crippen LogP contribution in [0.1, 0.15) is 34.3 Å². The van der Waals surface area contributed by atoms with Crippen LogP contribution in [0.25, 0.3) is 0 Å². The number of quaternary nitrogens is 1. The quantitative estimate of drug-likeness (QED) is 0.798. The average Bonchev–Trinajstić information content (AvgIpc) is 3.06. The van der Waals surface area contributed by atoms with E-state index in [4.69, 9.17) is 11.6 Å². The van der Waals surface area contributed by atoms with E-state index in [-0.39, 0.29) is 11.8 Å². The fourth-order valence-electron chi connectivity index (χ4n) is 3.23. The number of amides is 2. The topological polar surface area (TPSA) is 53.9 Å². The summed E-state index contributed by atoms with van der Waals surface area (Å²) >= 11 is 6.24. The first-order chi connectivity index (χ1) is 12.9. The van der Waals surface area contributed by atoms with Gasteiger partial charge in [0, 0.05) is 30.6 Å². The van der Waals surface area contributed by atoms with Gasteiger partial charge in [0.05, 0.1) is 24.8 Å². The minimum Gasteiger partial charge on any atom is -0.348 e. The Balaban J connectivity index is 1.65. The van der Waals surface area contributed by atoms with E-state index in [2.05, 4.69) is 31.5 Å². The van der Waals surface area contributed by atoms with Crippen LogP contribution in [0.5, 0.6) is 0 Å². The third kappa shape index (κ3) is 4.87. The summed E-state index contributed by atoms with van der Waals surface area (Å²) in [7, 11) is 4.23. The normalized spacial score (nSPS) is 14.1. The first-order valence-electron chi connectivity index (χ1n) is 9.19. The van der Waals surface area contributed by atoms with Gasteiger partial charge in [-0.2, -0.15) is 0 Å². The second-order valence-electron chi connectivity index (χ2n) is 7.20. The third-order valence-corrected chi connectivity index (χ3v) is 4.93. The van der Waals surface area contributed by atoms with Gasteiger partial charge in [-0.1, -0.05) is 35.9 Å². The molecule has 142 valence electrons. The molecular formula is C21H25ClN3O2+. The minimum atomic E-state index is -0.179. The van der Waals surface area contributed by atoms with Crippen LogP contribution < -0.4 is 15.1 Å². The summed E-state index contributed by atoms with van der Waals surface area (Å²) in [5.74, 6) is -0.129. The van der Waals surface area contributed by atoms with Crippen LogP contribution in [-0.4, -0.2) is 32.5 Å². The molecule has 0 bridgehead atoms. The zero-order valence-corrected chi connectivity index (χ0v) is 16.5. The van der Waals surface area contributed by atoms with Gasteiger partial charge in [0.25, 0.3) is 5.91 Å². The summed E-state index contributed by atoms with van der Waals surface area (Å²) in [6, 6.07) is 13.3. The molecule has 3 rings (SSSR count). The summed E-state index contributed by atoms with van der Waals surface area (Å²) in [4.78, 5) is 27.5. The molecule has 0 atom stereocenters. The van der Waals surface area contributed by atoms with Gasteiger partial charge < -0.3 is 15.1 Å². The number of benzene rings is 2. The highest BCUT2D eigenvalue weighted by Crippen LogP contribution is 2.30. The maximum Gasteiger partial charge on any atom is 0.251 e. The molecule has 0 unspecified atom stereocenters. The summed E-state index contributed by atoms with van der Waals surface area (Å²) in [5, 5.41) is 3.42. The van der Waals surface area contributed by atoms with Gasteiger partial charge >= 0.3 is 0 Å². The van der Waals surface area contributed by atoms with E-state index >= 15 is 0 Å². The lowest BCUT2D eigenvalue weighted by molar-refractivity contribution is -0.872. The molecule has 2 N–H and O–H groups in total. The molecule has 0 spiro atoms. The van der Waals surface area contributed by atoms with Crippen molar-refractivity contribution in [3.8, 4) is 0 Å². The number of nitrogens with one attached hydrogen (secondary N) is 2. The second-order valence-corrected chi connectivity index (χ2v) is 7.61. The monoisotopic (exact) mass is 386 g/mol. The number of rotatable bonds is 6. The molecule has 6 heteroatoms. The Morgan fingerprint density at radius 2 is 1.85 bits per heavy atom. The third-order valence-electron chi connectivity index (χ3n) is 4.61. The maximum atomic E-state index is 12.5. The van der Waals surface area contributed by atoms with Gasteiger partial charge in [0.15, 0.2) is 0 Å². The van der Waals surface area contributed by atoms with Crippen molar-refractivity contribution in [2.75, 3.05) is 25.5 Å². The first kappa shape index (κ1) is 19.4.